The van der Waals surface area contributed by atoms with E-state index in [0.717, 1.165) is 31.2 Å². The van der Waals surface area contributed by atoms with E-state index in [0.29, 0.717) is 0 Å². The van der Waals surface area contributed by atoms with Crippen LogP contribution in [0.2, 0.25) is 0 Å². The summed E-state index contributed by atoms with van der Waals surface area (Å²) in [5, 5.41) is -0.593. The number of benzene rings is 2. The van der Waals surface area contributed by atoms with Crippen LogP contribution in [0.3, 0.4) is 0 Å². The Bertz CT molecular complexity index is 1140. The molecule has 0 saturated carbocycles. The third kappa shape index (κ3) is 3.83. The molecule has 0 bridgehead atoms. The van der Waals surface area contributed by atoms with Gasteiger partial charge in [0, 0.05) is 27.8 Å². The van der Waals surface area contributed by atoms with Crippen molar-refractivity contribution in [3.05, 3.63) is 35.4 Å². The molecule has 26 heavy (non-hydrogen) atoms. The molecule has 0 unspecified atom stereocenters. The van der Waals surface area contributed by atoms with E-state index >= 15 is 0 Å². The maximum absolute atomic E-state index is 12.3. The first-order chi connectivity index (χ1) is 11.7. The first-order valence-corrected chi connectivity index (χ1v) is 10.2. The Morgan fingerprint density at radius 1 is 0.808 bits per heavy atom. The molecule has 2 aromatic rings. The fraction of sp³-hybridized carbons (Fsp3) is 0.250. The molecule has 0 aliphatic heterocycles. The van der Waals surface area contributed by atoms with Gasteiger partial charge in [-0.2, -0.15) is 16.8 Å². The zero-order valence-corrected chi connectivity index (χ0v) is 15.7. The Hall–Kier alpha value is -2.14. The molecule has 0 aromatic heterocycles. The van der Waals surface area contributed by atoms with Crippen LogP contribution in [0.5, 0.6) is 0 Å². The summed E-state index contributed by atoms with van der Waals surface area (Å²) in [6, 6.07) is 3.99. The highest BCUT2D eigenvalue weighted by Gasteiger charge is 2.25. The van der Waals surface area contributed by atoms with Gasteiger partial charge in [0.2, 0.25) is 0 Å². The molecule has 140 valence electrons. The Morgan fingerprint density at radius 3 is 1.54 bits per heavy atom. The summed E-state index contributed by atoms with van der Waals surface area (Å²) in [4.78, 5) is 22.4. The number of hydrogen-bond donors (Lipinski definition) is 2. The van der Waals surface area contributed by atoms with Crippen molar-refractivity contribution in [1.82, 2.24) is 0 Å². The summed E-state index contributed by atoms with van der Waals surface area (Å²) in [5.41, 5.74) is -0.335. The van der Waals surface area contributed by atoms with E-state index in [-0.39, 0.29) is 21.9 Å². The highest BCUT2D eigenvalue weighted by Crippen LogP contribution is 2.32. The van der Waals surface area contributed by atoms with E-state index < -0.39 is 47.5 Å². The molecule has 2 aromatic carbocycles. The van der Waals surface area contributed by atoms with Gasteiger partial charge in [-0.3, -0.25) is 18.7 Å². The Kier molecular flexibility index (Phi) is 5.08. The topological polar surface area (TPSA) is 143 Å². The number of carbonyl (C=O) groups is 2. The number of carbonyl (C=O) groups excluding carboxylic acids is 2. The Morgan fingerprint density at radius 2 is 1.19 bits per heavy atom. The van der Waals surface area contributed by atoms with Crippen molar-refractivity contribution in [3.63, 3.8) is 0 Å². The second kappa shape index (κ2) is 6.54. The van der Waals surface area contributed by atoms with Crippen LogP contribution in [-0.2, 0) is 20.2 Å². The van der Waals surface area contributed by atoms with Gasteiger partial charge in [0.25, 0.3) is 20.2 Å². The van der Waals surface area contributed by atoms with Crippen molar-refractivity contribution >= 4 is 42.6 Å². The fourth-order valence-corrected chi connectivity index (χ4v) is 3.95. The van der Waals surface area contributed by atoms with E-state index in [1.165, 1.54) is 0 Å². The SMILES string of the molecule is CC(=O)c1cc(S(=O)(=O)O)c2cc(C(=O)C(C)C)cc(S(=O)(=O)O)c2c1. The lowest BCUT2D eigenvalue weighted by atomic mass is 9.97. The fourth-order valence-electron chi connectivity index (χ4n) is 2.50. The minimum absolute atomic E-state index is 0.152. The van der Waals surface area contributed by atoms with E-state index in [1.54, 1.807) is 13.8 Å². The van der Waals surface area contributed by atoms with Crippen LogP contribution < -0.4 is 0 Å². The summed E-state index contributed by atoms with van der Waals surface area (Å²) >= 11 is 0. The zero-order chi connectivity index (χ0) is 20.0. The Balaban J connectivity index is 3.15. The molecule has 2 rings (SSSR count). The van der Waals surface area contributed by atoms with Gasteiger partial charge in [-0.25, -0.2) is 0 Å². The molecular weight excluding hydrogens is 384 g/mol. The minimum Gasteiger partial charge on any atom is -0.295 e. The average Bonchev–Trinajstić information content (AvgIpc) is 2.49. The van der Waals surface area contributed by atoms with E-state index in [2.05, 4.69) is 0 Å². The van der Waals surface area contributed by atoms with Crippen LogP contribution in [0, 0.1) is 5.92 Å². The van der Waals surface area contributed by atoms with Crippen LogP contribution in [0.25, 0.3) is 10.8 Å². The third-order valence-electron chi connectivity index (χ3n) is 3.77. The monoisotopic (exact) mass is 400 g/mol. The number of ketones is 2. The lowest BCUT2D eigenvalue weighted by molar-refractivity contribution is 0.0938. The van der Waals surface area contributed by atoms with E-state index in [1.807, 2.05) is 0 Å². The van der Waals surface area contributed by atoms with Crippen molar-refractivity contribution in [2.24, 2.45) is 5.92 Å². The van der Waals surface area contributed by atoms with Gasteiger partial charge < -0.3 is 0 Å². The first-order valence-electron chi connectivity index (χ1n) is 7.35. The van der Waals surface area contributed by atoms with Gasteiger partial charge in [-0.15, -0.1) is 0 Å². The largest absolute Gasteiger partial charge is 0.295 e. The van der Waals surface area contributed by atoms with Crippen molar-refractivity contribution in [2.45, 2.75) is 30.6 Å². The summed E-state index contributed by atoms with van der Waals surface area (Å²) in [6.07, 6.45) is 0. The maximum atomic E-state index is 12.3. The highest BCUT2D eigenvalue weighted by molar-refractivity contribution is 7.86. The molecule has 0 fully saturated rings. The number of fused-ring (bicyclic) bond motifs is 1. The highest BCUT2D eigenvalue weighted by atomic mass is 32.2. The second-order valence-corrected chi connectivity index (χ2v) is 8.85. The van der Waals surface area contributed by atoms with E-state index in [9.17, 15) is 35.5 Å². The van der Waals surface area contributed by atoms with Crippen molar-refractivity contribution < 1.29 is 35.5 Å². The van der Waals surface area contributed by atoms with Crippen LogP contribution in [-0.4, -0.2) is 37.5 Å². The van der Waals surface area contributed by atoms with Crippen LogP contribution >= 0.6 is 0 Å². The molecule has 0 aliphatic carbocycles. The normalized spacial score (nSPS) is 12.5. The maximum Gasteiger partial charge on any atom is 0.295 e. The standard InChI is InChI=1S/C16H16O8S2/c1-8(2)16(18)11-5-13-12(15(7-11)26(22,23)24)4-10(9(3)17)6-14(13)25(19,20)21/h4-8H,1-3H3,(H,19,20,21)(H,22,23,24). The summed E-state index contributed by atoms with van der Waals surface area (Å²) in [6.45, 7) is 4.24. The molecule has 0 aliphatic rings. The molecule has 0 atom stereocenters. The molecule has 0 saturated heterocycles. The molecule has 0 radical (unpaired) electrons. The quantitative estimate of drug-likeness (QED) is 0.575. The molecule has 0 amide bonds. The van der Waals surface area contributed by atoms with Crippen LogP contribution in [0.4, 0.5) is 0 Å². The summed E-state index contributed by atoms with van der Waals surface area (Å²) in [7, 11) is -9.71. The lowest BCUT2D eigenvalue weighted by Crippen LogP contribution is -2.11. The molecule has 2 N–H and O–H groups in total. The first kappa shape index (κ1) is 20.2. The lowest BCUT2D eigenvalue weighted by Gasteiger charge is -2.13. The van der Waals surface area contributed by atoms with Gasteiger partial charge in [-0.05, 0) is 31.2 Å². The van der Waals surface area contributed by atoms with Crippen molar-refractivity contribution in [3.8, 4) is 0 Å². The smallest absolute Gasteiger partial charge is 0.295 e. The van der Waals surface area contributed by atoms with Crippen LogP contribution in [0.1, 0.15) is 41.5 Å². The second-order valence-electron chi connectivity index (χ2n) is 6.07. The molecule has 8 nitrogen and oxygen atoms in total. The predicted octanol–water partition coefficient (Wildman–Crippen LogP) is 2.37. The average molecular weight is 400 g/mol. The van der Waals surface area contributed by atoms with Gasteiger partial charge in [0.05, 0.1) is 0 Å². The van der Waals surface area contributed by atoms with Gasteiger partial charge in [-0.1, -0.05) is 13.8 Å². The van der Waals surface area contributed by atoms with Crippen molar-refractivity contribution in [2.75, 3.05) is 0 Å². The van der Waals surface area contributed by atoms with E-state index in [4.69, 9.17) is 0 Å². The number of Topliss-reactive ketones (excluding diaryl/α,β-unsaturated/α-hetero) is 2. The Labute approximate surface area is 150 Å². The summed E-state index contributed by atoms with van der Waals surface area (Å²) in [5.74, 6) is -1.61. The number of rotatable bonds is 5. The molecule has 0 spiro atoms. The minimum atomic E-state index is -4.86. The molecular formula is C16H16O8S2. The summed E-state index contributed by atoms with van der Waals surface area (Å²) < 4.78 is 66.1. The zero-order valence-electron chi connectivity index (χ0n) is 14.0. The number of hydrogen-bond acceptors (Lipinski definition) is 6. The predicted molar refractivity (Wildman–Crippen MR) is 92.8 cm³/mol. The van der Waals surface area contributed by atoms with Crippen LogP contribution in [0.15, 0.2) is 34.1 Å². The third-order valence-corrected chi connectivity index (χ3v) is 5.55. The van der Waals surface area contributed by atoms with Gasteiger partial charge in [0.1, 0.15) is 9.79 Å². The molecule has 10 heteroatoms. The van der Waals surface area contributed by atoms with Gasteiger partial charge in [0.15, 0.2) is 11.6 Å². The molecule has 0 heterocycles. The van der Waals surface area contributed by atoms with Crippen molar-refractivity contribution in [1.29, 1.82) is 0 Å². The van der Waals surface area contributed by atoms with Gasteiger partial charge >= 0.3 is 0 Å².